The van der Waals surface area contributed by atoms with Gasteiger partial charge in [-0.1, -0.05) is 41.5 Å². The quantitative estimate of drug-likeness (QED) is 0.827. The topological polar surface area (TPSA) is 51.6 Å². The fourth-order valence-corrected chi connectivity index (χ4v) is 1.03. The van der Waals surface area contributed by atoms with Gasteiger partial charge in [0.2, 0.25) is 0 Å². The van der Waals surface area contributed by atoms with Crippen LogP contribution in [0.1, 0.15) is 53.2 Å². The Morgan fingerprint density at radius 3 is 1.00 bits per heavy atom. The minimum Gasteiger partial charge on any atom is -0.241 e. The first-order chi connectivity index (χ1) is 9.86. The highest BCUT2D eigenvalue weighted by molar-refractivity contribution is 4.87. The van der Waals surface area contributed by atoms with E-state index in [1.807, 2.05) is 53.7 Å². The summed E-state index contributed by atoms with van der Waals surface area (Å²) in [5.74, 6) is 1.82. The maximum absolute atomic E-state index is 3.99. The van der Waals surface area contributed by atoms with Gasteiger partial charge in [0.1, 0.15) is 11.6 Å². The second-order valence-corrected chi connectivity index (χ2v) is 3.04. The van der Waals surface area contributed by atoms with E-state index >= 15 is 0 Å². The molecule has 0 radical (unpaired) electrons. The first-order valence-corrected chi connectivity index (χ1v) is 7.38. The molecule has 2 aromatic heterocycles. The molecule has 0 aliphatic rings. The van der Waals surface area contributed by atoms with Gasteiger partial charge in [0, 0.05) is 37.6 Å². The molecular weight excluding hydrogens is 248 g/mol. The number of aromatic nitrogens is 4. The maximum atomic E-state index is 3.99. The molecule has 0 spiro atoms. The number of hydrogen-bond acceptors (Lipinski definition) is 4. The second kappa shape index (κ2) is 17.2. The van der Waals surface area contributed by atoms with E-state index in [-0.39, 0.29) is 0 Å². The van der Waals surface area contributed by atoms with E-state index < -0.39 is 0 Å². The van der Waals surface area contributed by atoms with E-state index in [1.54, 1.807) is 24.8 Å². The van der Waals surface area contributed by atoms with Crippen LogP contribution in [0, 0.1) is 0 Å². The van der Waals surface area contributed by atoms with E-state index in [9.17, 15) is 0 Å². The van der Waals surface area contributed by atoms with Crippen molar-refractivity contribution in [1.29, 1.82) is 0 Å². The van der Waals surface area contributed by atoms with Gasteiger partial charge in [0.25, 0.3) is 0 Å². The van der Waals surface area contributed by atoms with Gasteiger partial charge in [0.05, 0.1) is 0 Å². The number of rotatable bonds is 2. The van der Waals surface area contributed by atoms with E-state index in [4.69, 9.17) is 0 Å². The highest BCUT2D eigenvalue weighted by atomic mass is 14.8. The molecule has 2 aromatic rings. The fourth-order valence-electron chi connectivity index (χ4n) is 1.03. The molecule has 0 atom stereocenters. The van der Waals surface area contributed by atoms with Gasteiger partial charge in [-0.2, -0.15) is 0 Å². The minimum absolute atomic E-state index is 0.910. The minimum atomic E-state index is 0.910. The summed E-state index contributed by atoms with van der Waals surface area (Å²) in [5, 5.41) is 0. The first-order valence-electron chi connectivity index (χ1n) is 7.38. The molecule has 0 fully saturated rings. The second-order valence-electron chi connectivity index (χ2n) is 3.04. The molecule has 0 aromatic carbocycles. The fraction of sp³-hybridized carbons (Fsp3) is 0.500. The van der Waals surface area contributed by atoms with Crippen LogP contribution in [0.5, 0.6) is 0 Å². The third-order valence-electron chi connectivity index (χ3n) is 1.87. The van der Waals surface area contributed by atoms with Crippen LogP contribution in [0.25, 0.3) is 0 Å². The van der Waals surface area contributed by atoms with Crippen molar-refractivity contribution in [3.63, 3.8) is 0 Å². The summed E-state index contributed by atoms with van der Waals surface area (Å²) in [4.78, 5) is 15.9. The van der Waals surface area contributed by atoms with Crippen LogP contribution < -0.4 is 0 Å². The molecule has 0 saturated heterocycles. The average molecular weight is 276 g/mol. The third kappa shape index (κ3) is 11.3. The molecule has 0 amide bonds. The monoisotopic (exact) mass is 276 g/mol. The van der Waals surface area contributed by atoms with Gasteiger partial charge in [-0.15, -0.1) is 0 Å². The molecule has 4 nitrogen and oxygen atoms in total. The van der Waals surface area contributed by atoms with Crippen molar-refractivity contribution < 1.29 is 0 Å². The predicted octanol–water partition coefficient (Wildman–Crippen LogP) is 4.13. The van der Waals surface area contributed by atoms with Crippen molar-refractivity contribution in [2.45, 2.75) is 54.4 Å². The summed E-state index contributed by atoms with van der Waals surface area (Å²) < 4.78 is 0. The molecule has 2 heterocycles. The van der Waals surface area contributed by atoms with E-state index in [0.29, 0.717) is 0 Å². The first kappa shape index (κ1) is 20.5. The molecular formula is C16H28N4. The van der Waals surface area contributed by atoms with Crippen LogP contribution in [0.4, 0.5) is 0 Å². The van der Waals surface area contributed by atoms with Crippen molar-refractivity contribution >= 4 is 0 Å². The lowest BCUT2D eigenvalue weighted by atomic mass is 10.4. The molecule has 20 heavy (non-hydrogen) atoms. The summed E-state index contributed by atoms with van der Waals surface area (Å²) in [5.41, 5.74) is 0. The SMILES string of the molecule is CC.CC.CCc1ncccn1.CCc1ncccn1. The van der Waals surface area contributed by atoms with Gasteiger partial charge >= 0.3 is 0 Å². The van der Waals surface area contributed by atoms with Gasteiger partial charge < -0.3 is 0 Å². The van der Waals surface area contributed by atoms with Crippen LogP contribution in [0.15, 0.2) is 36.9 Å². The molecule has 0 bridgehead atoms. The van der Waals surface area contributed by atoms with Crippen LogP contribution in [-0.4, -0.2) is 19.9 Å². The number of nitrogens with zero attached hydrogens (tertiary/aromatic N) is 4. The molecule has 0 unspecified atom stereocenters. The van der Waals surface area contributed by atoms with E-state index in [1.165, 1.54) is 0 Å². The summed E-state index contributed by atoms with van der Waals surface area (Å²) in [7, 11) is 0. The Morgan fingerprint density at radius 1 is 0.600 bits per heavy atom. The van der Waals surface area contributed by atoms with Crippen LogP contribution in [0.2, 0.25) is 0 Å². The number of aryl methyl sites for hydroxylation is 2. The molecule has 0 N–H and O–H groups in total. The van der Waals surface area contributed by atoms with Crippen molar-refractivity contribution in [3.05, 3.63) is 48.6 Å². The van der Waals surface area contributed by atoms with Crippen LogP contribution >= 0.6 is 0 Å². The predicted molar refractivity (Wildman–Crippen MR) is 85.5 cm³/mol. The van der Waals surface area contributed by atoms with Gasteiger partial charge in [-0.25, -0.2) is 19.9 Å². The highest BCUT2D eigenvalue weighted by Gasteiger charge is 1.84. The third-order valence-corrected chi connectivity index (χ3v) is 1.87. The van der Waals surface area contributed by atoms with Crippen LogP contribution in [0.3, 0.4) is 0 Å². The van der Waals surface area contributed by atoms with Gasteiger partial charge in [-0.3, -0.25) is 0 Å². The smallest absolute Gasteiger partial charge is 0.127 e. The zero-order chi connectivity index (χ0) is 15.6. The maximum Gasteiger partial charge on any atom is 0.127 e. The normalized spacial score (nSPS) is 7.90. The Labute approximate surface area is 123 Å². The molecule has 4 heteroatoms. The number of hydrogen-bond donors (Lipinski definition) is 0. The van der Waals surface area contributed by atoms with Crippen molar-refractivity contribution in [2.24, 2.45) is 0 Å². The average Bonchev–Trinajstić information content (AvgIpc) is 2.60. The Balaban J connectivity index is 0. The van der Waals surface area contributed by atoms with Crippen molar-refractivity contribution in [3.8, 4) is 0 Å². The van der Waals surface area contributed by atoms with Gasteiger partial charge in [-0.05, 0) is 12.1 Å². The lowest BCUT2D eigenvalue weighted by Crippen LogP contribution is -1.87. The lowest BCUT2D eigenvalue weighted by molar-refractivity contribution is 0.939. The highest BCUT2D eigenvalue weighted by Crippen LogP contribution is 1.85. The largest absolute Gasteiger partial charge is 0.241 e. The van der Waals surface area contributed by atoms with E-state index in [0.717, 1.165) is 24.5 Å². The summed E-state index contributed by atoms with van der Waals surface area (Å²) in [6, 6.07) is 3.64. The summed E-state index contributed by atoms with van der Waals surface area (Å²) >= 11 is 0. The Bertz CT molecular complexity index is 337. The Hall–Kier alpha value is -1.84. The Morgan fingerprint density at radius 2 is 0.850 bits per heavy atom. The van der Waals surface area contributed by atoms with E-state index in [2.05, 4.69) is 19.9 Å². The van der Waals surface area contributed by atoms with Gasteiger partial charge in [0.15, 0.2) is 0 Å². The molecule has 2 rings (SSSR count). The summed E-state index contributed by atoms with van der Waals surface area (Å²) in [6.07, 6.45) is 8.86. The molecule has 112 valence electrons. The Kier molecular flexibility index (Phi) is 17.6. The summed E-state index contributed by atoms with van der Waals surface area (Å²) in [6.45, 7) is 12.1. The lowest BCUT2D eigenvalue weighted by Gasteiger charge is -1.87. The molecule has 0 aliphatic heterocycles. The zero-order valence-electron chi connectivity index (χ0n) is 13.7. The van der Waals surface area contributed by atoms with Crippen molar-refractivity contribution in [1.82, 2.24) is 19.9 Å². The molecule has 0 saturated carbocycles. The molecule has 0 aliphatic carbocycles. The zero-order valence-corrected chi connectivity index (χ0v) is 13.7. The van der Waals surface area contributed by atoms with Crippen molar-refractivity contribution in [2.75, 3.05) is 0 Å². The van der Waals surface area contributed by atoms with Crippen LogP contribution in [-0.2, 0) is 12.8 Å². The standard InChI is InChI=1S/2C6H8N2.2C2H6/c2*1-2-6-7-4-3-5-8-6;2*1-2/h2*3-5H,2H2,1H3;2*1-2H3.